The van der Waals surface area contributed by atoms with Crippen molar-refractivity contribution in [3.05, 3.63) is 52.5 Å². The minimum atomic E-state index is -1.22. The Morgan fingerprint density at radius 3 is 2.27 bits per heavy atom. The third-order valence-corrected chi connectivity index (χ3v) is 5.93. The number of carboxylic acid groups (broad SMARTS) is 1. The Bertz CT molecular complexity index is 834. The predicted octanol–water partition coefficient (Wildman–Crippen LogP) is 5.42. The molecular weight excluding hydrogens is 422 g/mol. The standard InChI is InChI=1S/C22H29BCl2N2O3/c1-23(30)13-3-2-11-22(26,21(28)29)12-4-14-27-18-8-5-16(6-9-18)17-7-10-19(24)20(25)15-17/h5-10,15,27,30H,2-4,11-14,26H2,1H3,(H,28,29). The number of benzene rings is 2. The second kappa shape index (κ2) is 11.6. The highest BCUT2D eigenvalue weighted by Crippen LogP contribution is 2.29. The lowest BCUT2D eigenvalue weighted by Crippen LogP contribution is -2.48. The fourth-order valence-electron chi connectivity index (χ4n) is 3.31. The SMILES string of the molecule is CB(O)CCCCC(N)(CCCNc1ccc(-c2ccc(Cl)c(Cl)c2)cc1)C(=O)O. The maximum atomic E-state index is 11.6. The van der Waals surface area contributed by atoms with E-state index in [0.29, 0.717) is 48.6 Å². The van der Waals surface area contributed by atoms with Gasteiger partial charge in [-0.1, -0.05) is 61.1 Å². The Balaban J connectivity index is 1.82. The molecule has 2 aromatic rings. The molecule has 2 rings (SSSR count). The first-order chi connectivity index (χ1) is 14.2. The maximum absolute atomic E-state index is 11.6. The third-order valence-electron chi connectivity index (χ3n) is 5.19. The fraction of sp³-hybridized carbons (Fsp3) is 0.409. The number of carbonyl (C=O) groups is 1. The molecular formula is C22H29BCl2N2O3. The molecule has 1 atom stereocenters. The van der Waals surface area contributed by atoms with Gasteiger partial charge in [0.15, 0.2) is 0 Å². The van der Waals surface area contributed by atoms with Crippen molar-refractivity contribution in [2.75, 3.05) is 11.9 Å². The molecule has 0 saturated heterocycles. The van der Waals surface area contributed by atoms with Crippen molar-refractivity contribution in [3.8, 4) is 11.1 Å². The maximum Gasteiger partial charge on any atom is 0.323 e. The average molecular weight is 451 g/mol. The van der Waals surface area contributed by atoms with Crippen LogP contribution in [0, 0.1) is 0 Å². The van der Waals surface area contributed by atoms with Crippen molar-refractivity contribution in [2.45, 2.75) is 50.8 Å². The van der Waals surface area contributed by atoms with Crippen LogP contribution in [0.15, 0.2) is 42.5 Å². The zero-order valence-corrected chi connectivity index (χ0v) is 18.7. The van der Waals surface area contributed by atoms with E-state index in [1.54, 1.807) is 12.9 Å². The summed E-state index contributed by atoms with van der Waals surface area (Å²) in [6.45, 7) is 2.00. The summed E-state index contributed by atoms with van der Waals surface area (Å²) in [4.78, 5) is 11.6. The lowest BCUT2D eigenvalue weighted by Gasteiger charge is -2.25. The van der Waals surface area contributed by atoms with Crippen LogP contribution < -0.4 is 11.1 Å². The van der Waals surface area contributed by atoms with Gasteiger partial charge in [0.1, 0.15) is 5.54 Å². The van der Waals surface area contributed by atoms with Gasteiger partial charge in [-0.05, 0) is 61.0 Å². The van der Waals surface area contributed by atoms with Crippen LogP contribution in [0.1, 0.15) is 32.1 Å². The van der Waals surface area contributed by atoms with Crippen LogP contribution in [0.5, 0.6) is 0 Å². The normalized spacial score (nSPS) is 13.0. The van der Waals surface area contributed by atoms with Gasteiger partial charge in [-0.2, -0.15) is 0 Å². The predicted molar refractivity (Wildman–Crippen MR) is 127 cm³/mol. The van der Waals surface area contributed by atoms with E-state index >= 15 is 0 Å². The van der Waals surface area contributed by atoms with Gasteiger partial charge in [0, 0.05) is 12.2 Å². The third kappa shape index (κ3) is 7.51. The highest BCUT2D eigenvalue weighted by Gasteiger charge is 2.32. The number of halogens is 2. The number of anilines is 1. The van der Waals surface area contributed by atoms with E-state index in [-0.39, 0.29) is 6.92 Å². The van der Waals surface area contributed by atoms with Crippen molar-refractivity contribution in [3.63, 3.8) is 0 Å². The summed E-state index contributed by atoms with van der Waals surface area (Å²) in [5.74, 6) is -0.967. The lowest BCUT2D eigenvalue weighted by molar-refractivity contribution is -0.144. The van der Waals surface area contributed by atoms with Crippen LogP contribution in [-0.2, 0) is 4.79 Å². The molecule has 0 bridgehead atoms. The zero-order valence-electron chi connectivity index (χ0n) is 17.2. The second-order valence-electron chi connectivity index (χ2n) is 7.79. The summed E-state index contributed by atoms with van der Waals surface area (Å²) >= 11 is 12.1. The quantitative estimate of drug-likeness (QED) is 0.256. The number of unbranched alkanes of at least 4 members (excludes halogenated alkanes) is 1. The number of hydrogen-bond donors (Lipinski definition) is 4. The molecule has 0 heterocycles. The van der Waals surface area contributed by atoms with Gasteiger partial charge in [0.2, 0.25) is 0 Å². The molecule has 0 aromatic heterocycles. The van der Waals surface area contributed by atoms with Gasteiger partial charge >= 0.3 is 5.97 Å². The molecule has 0 aliphatic heterocycles. The number of nitrogens with two attached hydrogens (primary N) is 1. The highest BCUT2D eigenvalue weighted by molar-refractivity contribution is 6.48. The molecule has 8 heteroatoms. The lowest BCUT2D eigenvalue weighted by atomic mass is 9.66. The molecule has 30 heavy (non-hydrogen) atoms. The van der Waals surface area contributed by atoms with Crippen molar-refractivity contribution in [2.24, 2.45) is 5.73 Å². The van der Waals surface area contributed by atoms with E-state index in [9.17, 15) is 14.9 Å². The smallest absolute Gasteiger partial charge is 0.323 e. The Morgan fingerprint density at radius 1 is 1.03 bits per heavy atom. The summed E-state index contributed by atoms with van der Waals surface area (Å²) < 4.78 is 0. The van der Waals surface area contributed by atoms with Gasteiger partial charge < -0.3 is 21.2 Å². The molecule has 5 N–H and O–H groups in total. The first-order valence-electron chi connectivity index (χ1n) is 10.2. The molecule has 162 valence electrons. The minimum Gasteiger partial charge on any atom is -0.480 e. The number of nitrogens with one attached hydrogen (secondary N) is 1. The average Bonchev–Trinajstić information content (AvgIpc) is 2.71. The van der Waals surface area contributed by atoms with Gasteiger partial charge in [-0.15, -0.1) is 0 Å². The van der Waals surface area contributed by atoms with E-state index < -0.39 is 11.5 Å². The topological polar surface area (TPSA) is 95.6 Å². The van der Waals surface area contributed by atoms with Gasteiger partial charge in [-0.25, -0.2) is 0 Å². The molecule has 5 nitrogen and oxygen atoms in total. The van der Waals surface area contributed by atoms with Crippen LogP contribution in [0.25, 0.3) is 11.1 Å². The summed E-state index contributed by atoms with van der Waals surface area (Å²) in [5, 5.41) is 23.2. The molecule has 0 radical (unpaired) electrons. The van der Waals surface area contributed by atoms with Crippen LogP contribution >= 0.6 is 23.2 Å². The summed E-state index contributed by atoms with van der Waals surface area (Å²) in [5.41, 5.74) is 7.88. The summed E-state index contributed by atoms with van der Waals surface area (Å²) in [7, 11) is 0. The van der Waals surface area contributed by atoms with Crippen LogP contribution in [0.4, 0.5) is 5.69 Å². The molecule has 0 fully saturated rings. The summed E-state index contributed by atoms with van der Waals surface area (Å²) in [6.07, 6.45) is 3.58. The van der Waals surface area contributed by atoms with E-state index in [2.05, 4.69) is 5.32 Å². The van der Waals surface area contributed by atoms with Gasteiger partial charge in [-0.3, -0.25) is 4.79 Å². The Kier molecular flexibility index (Phi) is 9.50. The largest absolute Gasteiger partial charge is 0.480 e. The molecule has 0 amide bonds. The zero-order chi connectivity index (χ0) is 22.1. The number of carboxylic acids is 1. The van der Waals surface area contributed by atoms with Crippen molar-refractivity contribution in [1.82, 2.24) is 0 Å². The highest BCUT2D eigenvalue weighted by atomic mass is 35.5. The van der Waals surface area contributed by atoms with Crippen LogP contribution in [0.3, 0.4) is 0 Å². The van der Waals surface area contributed by atoms with E-state index in [1.807, 2.05) is 36.4 Å². The first kappa shape index (κ1) is 24.5. The van der Waals surface area contributed by atoms with Gasteiger partial charge in [0.25, 0.3) is 6.92 Å². The number of aliphatic carboxylic acids is 1. The Morgan fingerprint density at radius 2 is 1.67 bits per heavy atom. The monoisotopic (exact) mass is 450 g/mol. The summed E-state index contributed by atoms with van der Waals surface area (Å²) in [6, 6.07) is 13.5. The molecule has 1 unspecified atom stereocenters. The van der Waals surface area contributed by atoms with Crippen LogP contribution in [0.2, 0.25) is 23.2 Å². The molecule has 0 aliphatic carbocycles. The minimum absolute atomic E-state index is 0.366. The van der Waals surface area contributed by atoms with Gasteiger partial charge in [0.05, 0.1) is 10.0 Å². The van der Waals surface area contributed by atoms with E-state index in [1.165, 1.54) is 0 Å². The molecule has 0 spiro atoms. The van der Waals surface area contributed by atoms with Crippen molar-refractivity contribution < 1.29 is 14.9 Å². The second-order valence-corrected chi connectivity index (χ2v) is 8.61. The Labute approximate surface area is 188 Å². The van der Waals surface area contributed by atoms with Crippen molar-refractivity contribution in [1.29, 1.82) is 0 Å². The van der Waals surface area contributed by atoms with E-state index in [0.717, 1.165) is 23.2 Å². The first-order valence-corrected chi connectivity index (χ1v) is 11.0. The number of rotatable bonds is 12. The molecule has 0 saturated carbocycles. The van der Waals surface area contributed by atoms with E-state index in [4.69, 9.17) is 28.9 Å². The Hall–Kier alpha value is -1.73. The van der Waals surface area contributed by atoms with Crippen LogP contribution in [-0.4, -0.2) is 35.1 Å². The molecule has 2 aromatic carbocycles. The van der Waals surface area contributed by atoms with Crippen molar-refractivity contribution >= 4 is 41.8 Å². The number of hydrogen-bond acceptors (Lipinski definition) is 4. The molecule has 0 aliphatic rings. The fourth-order valence-corrected chi connectivity index (χ4v) is 3.61.